The van der Waals surface area contributed by atoms with Gasteiger partial charge in [0.15, 0.2) is 0 Å². The lowest BCUT2D eigenvalue weighted by molar-refractivity contribution is -0.0691. The van der Waals surface area contributed by atoms with Gasteiger partial charge in [0.05, 0.1) is 25.2 Å². The molecule has 3 fully saturated rings. The summed E-state index contributed by atoms with van der Waals surface area (Å²) in [6.07, 6.45) is 4.13. The van der Waals surface area contributed by atoms with Crippen LogP contribution in [-0.4, -0.2) is 53.6 Å². The highest BCUT2D eigenvalue weighted by atomic mass is 16.6. The lowest BCUT2D eigenvalue weighted by atomic mass is 9.86. The first-order valence-electron chi connectivity index (χ1n) is 13.1. The third-order valence-corrected chi connectivity index (χ3v) is 7.92. The molecule has 7 nitrogen and oxygen atoms in total. The van der Waals surface area contributed by atoms with E-state index in [9.17, 15) is 9.59 Å². The number of carbonyl (C=O) groups excluding carboxylic acids is 2. The van der Waals surface area contributed by atoms with Crippen molar-refractivity contribution in [2.45, 2.75) is 70.1 Å². The van der Waals surface area contributed by atoms with Crippen molar-refractivity contribution in [3.8, 4) is 16.9 Å². The number of nitrogens with zero attached hydrogens (tertiary/aromatic N) is 2. The molecule has 2 aliphatic heterocycles. The van der Waals surface area contributed by atoms with Gasteiger partial charge in [0, 0.05) is 5.56 Å². The van der Waals surface area contributed by atoms with Gasteiger partial charge in [-0.05, 0) is 68.4 Å². The summed E-state index contributed by atoms with van der Waals surface area (Å²) in [5, 5.41) is 3.01. The summed E-state index contributed by atoms with van der Waals surface area (Å²) >= 11 is 0. The van der Waals surface area contributed by atoms with Crippen molar-refractivity contribution >= 4 is 12.2 Å². The molecular weight excluding hydrogens is 456 g/mol. The van der Waals surface area contributed by atoms with Crippen LogP contribution in [0.4, 0.5) is 9.59 Å². The van der Waals surface area contributed by atoms with Gasteiger partial charge in [-0.25, -0.2) is 19.6 Å². The predicted molar refractivity (Wildman–Crippen MR) is 134 cm³/mol. The molecular formula is C29H32N2O5. The first kappa shape index (κ1) is 23.0. The topological polar surface area (TPSA) is 68.3 Å². The van der Waals surface area contributed by atoms with Crippen molar-refractivity contribution in [2.24, 2.45) is 0 Å². The number of fused-ring (bicyclic) bond motifs is 7. The molecule has 2 aromatic rings. The standard InChI is InChI=1S/C29H32N2O5/c1-3-34-28(32)30-25-23(19-13-9-6-10-14-19)26(31(30)29(33)35-4-2)27-24(25)21-17-20(15-16-22(21)36-27)18-11-7-5-8-12-18/h5,7-8,11-12,15-17,24-27H,3-4,6,9-10,13-14H2,1-2H3/t24-,25+,26-,27-/m0/s1. The lowest BCUT2D eigenvalue weighted by Gasteiger charge is -2.40. The van der Waals surface area contributed by atoms with E-state index < -0.39 is 12.2 Å². The molecule has 1 saturated heterocycles. The van der Waals surface area contributed by atoms with E-state index in [-0.39, 0.29) is 37.3 Å². The van der Waals surface area contributed by atoms with Gasteiger partial charge in [0.25, 0.3) is 0 Å². The van der Waals surface area contributed by atoms with Gasteiger partial charge in [-0.15, -0.1) is 0 Å². The van der Waals surface area contributed by atoms with Crippen LogP contribution in [0.1, 0.15) is 57.4 Å². The summed E-state index contributed by atoms with van der Waals surface area (Å²) in [5.41, 5.74) is 5.84. The van der Waals surface area contributed by atoms with E-state index in [2.05, 4.69) is 24.3 Å². The van der Waals surface area contributed by atoms with Crippen molar-refractivity contribution in [2.75, 3.05) is 13.2 Å². The number of rotatable bonds is 3. The smallest absolute Gasteiger partial charge is 0.429 e. The Hall–Kier alpha value is -3.48. The van der Waals surface area contributed by atoms with E-state index in [1.807, 2.05) is 24.3 Å². The Morgan fingerprint density at radius 3 is 2.19 bits per heavy atom. The highest BCUT2D eigenvalue weighted by Gasteiger charge is 2.68. The number of ether oxygens (including phenoxy) is 3. The van der Waals surface area contributed by atoms with Crippen LogP contribution in [0.5, 0.6) is 5.75 Å². The third kappa shape index (κ3) is 3.47. The molecule has 0 N–H and O–H groups in total. The van der Waals surface area contributed by atoms with Crippen molar-refractivity contribution in [1.82, 2.24) is 10.0 Å². The van der Waals surface area contributed by atoms with E-state index in [0.717, 1.165) is 53.7 Å². The zero-order valence-corrected chi connectivity index (χ0v) is 20.8. The van der Waals surface area contributed by atoms with E-state index in [4.69, 9.17) is 14.2 Å². The zero-order chi connectivity index (χ0) is 24.8. The average Bonchev–Trinajstić information content (AvgIpc) is 3.55. The van der Waals surface area contributed by atoms with Crippen LogP contribution in [0.15, 0.2) is 59.7 Å². The summed E-state index contributed by atoms with van der Waals surface area (Å²) < 4.78 is 17.5. The normalized spacial score (nSPS) is 25.9. The van der Waals surface area contributed by atoms with Crippen molar-refractivity contribution in [3.63, 3.8) is 0 Å². The van der Waals surface area contributed by atoms with E-state index in [1.165, 1.54) is 22.0 Å². The van der Waals surface area contributed by atoms with Crippen molar-refractivity contribution in [1.29, 1.82) is 0 Å². The fraction of sp³-hybridized carbons (Fsp3) is 0.448. The summed E-state index contributed by atoms with van der Waals surface area (Å²) in [5.74, 6) is 0.745. The van der Waals surface area contributed by atoms with Crippen molar-refractivity contribution in [3.05, 3.63) is 65.2 Å². The Bertz CT molecular complexity index is 1200. The second-order valence-electron chi connectivity index (χ2n) is 9.82. The van der Waals surface area contributed by atoms with Crippen LogP contribution in [0.25, 0.3) is 11.1 Å². The Kier molecular flexibility index (Phi) is 5.86. The number of benzene rings is 2. The summed E-state index contributed by atoms with van der Waals surface area (Å²) in [7, 11) is 0. The Morgan fingerprint density at radius 2 is 1.53 bits per heavy atom. The number of allylic oxidation sites excluding steroid dienone is 1. The van der Waals surface area contributed by atoms with Gasteiger partial charge in [-0.1, -0.05) is 48.4 Å². The number of amides is 2. The first-order valence-corrected chi connectivity index (χ1v) is 13.1. The lowest BCUT2D eigenvalue weighted by Crippen LogP contribution is -2.59. The van der Waals surface area contributed by atoms with Gasteiger partial charge in [0.2, 0.25) is 0 Å². The summed E-state index contributed by atoms with van der Waals surface area (Å²) in [6.45, 7) is 4.02. The molecule has 188 valence electrons. The fourth-order valence-corrected chi connectivity index (χ4v) is 6.57. The monoisotopic (exact) mass is 488 g/mol. The SMILES string of the molecule is CCOC(=O)N1[C@@H]2C(=C3CCCCC3)[C@@H]([C@H]3Oc4ccc(-c5ccccc5)cc4[C@H]32)N1C(=O)OCC. The molecule has 0 spiro atoms. The number of carbonyl (C=O) groups is 2. The minimum atomic E-state index is -0.532. The molecule has 0 radical (unpaired) electrons. The van der Waals surface area contributed by atoms with Gasteiger partial charge in [0.1, 0.15) is 17.9 Å². The maximum atomic E-state index is 13.4. The van der Waals surface area contributed by atoms with E-state index >= 15 is 0 Å². The minimum Gasteiger partial charge on any atom is -0.487 e. The van der Waals surface area contributed by atoms with Gasteiger partial charge in [-0.3, -0.25) is 0 Å². The Morgan fingerprint density at radius 1 is 0.861 bits per heavy atom. The molecule has 0 unspecified atom stereocenters. The van der Waals surface area contributed by atoms with Crippen LogP contribution in [0, 0.1) is 0 Å². The number of hydrogen-bond donors (Lipinski definition) is 0. The highest BCUT2D eigenvalue weighted by molar-refractivity contribution is 5.80. The van der Waals surface area contributed by atoms with Crippen LogP contribution in [0.3, 0.4) is 0 Å². The molecule has 4 atom stereocenters. The fourth-order valence-electron chi connectivity index (χ4n) is 6.57. The molecule has 4 aliphatic rings. The molecule has 0 aromatic heterocycles. The maximum absolute atomic E-state index is 13.4. The maximum Gasteiger partial charge on any atom is 0.429 e. The molecule has 2 saturated carbocycles. The number of hydrogen-bond acceptors (Lipinski definition) is 5. The van der Waals surface area contributed by atoms with Gasteiger partial charge in [-0.2, -0.15) is 0 Å². The van der Waals surface area contributed by atoms with Crippen LogP contribution in [0.2, 0.25) is 0 Å². The molecule has 6 rings (SSSR count). The zero-order valence-electron chi connectivity index (χ0n) is 20.8. The largest absolute Gasteiger partial charge is 0.487 e. The van der Waals surface area contributed by atoms with Crippen LogP contribution >= 0.6 is 0 Å². The Labute approximate surface area is 211 Å². The van der Waals surface area contributed by atoms with Crippen LogP contribution < -0.4 is 4.74 Å². The molecule has 7 heteroatoms. The van der Waals surface area contributed by atoms with E-state index in [0.29, 0.717) is 0 Å². The second-order valence-corrected chi connectivity index (χ2v) is 9.82. The number of hydrazine groups is 1. The average molecular weight is 489 g/mol. The molecule has 36 heavy (non-hydrogen) atoms. The molecule has 2 aromatic carbocycles. The highest BCUT2D eigenvalue weighted by Crippen LogP contribution is 2.59. The van der Waals surface area contributed by atoms with Crippen molar-refractivity contribution < 1.29 is 23.8 Å². The van der Waals surface area contributed by atoms with Gasteiger partial charge < -0.3 is 14.2 Å². The van der Waals surface area contributed by atoms with Crippen LogP contribution in [-0.2, 0) is 9.47 Å². The minimum absolute atomic E-state index is 0.0758. The van der Waals surface area contributed by atoms with E-state index in [1.54, 1.807) is 13.8 Å². The molecule has 2 heterocycles. The molecule has 2 bridgehead atoms. The Balaban J connectivity index is 1.49. The predicted octanol–water partition coefficient (Wildman–Crippen LogP) is 6.06. The summed E-state index contributed by atoms with van der Waals surface area (Å²) in [6, 6.07) is 15.8. The summed E-state index contributed by atoms with van der Waals surface area (Å²) in [4.78, 5) is 26.6. The quantitative estimate of drug-likeness (QED) is 0.492. The third-order valence-electron chi connectivity index (χ3n) is 7.92. The molecule has 2 aliphatic carbocycles. The van der Waals surface area contributed by atoms with Gasteiger partial charge >= 0.3 is 12.2 Å². The second kappa shape index (κ2) is 9.19. The molecule has 2 amide bonds. The first-order chi connectivity index (χ1) is 17.6.